The lowest BCUT2D eigenvalue weighted by Crippen LogP contribution is -2.35. The van der Waals surface area contributed by atoms with Gasteiger partial charge in [-0.3, -0.25) is 4.79 Å². The zero-order valence-electron chi connectivity index (χ0n) is 11.8. The fourth-order valence-corrected chi connectivity index (χ4v) is 4.45. The number of hydrogen-bond donors (Lipinski definition) is 2. The molecule has 1 aliphatic rings. The van der Waals surface area contributed by atoms with E-state index in [0.717, 1.165) is 6.42 Å². The molecule has 1 amide bonds. The SMILES string of the molecule is N[C@@H]1CCN(C(=O)CCNS(=O)(=O)c2c(Cl)cccc2Cl)C1. The van der Waals surface area contributed by atoms with Crippen LogP contribution in [0.5, 0.6) is 0 Å². The van der Waals surface area contributed by atoms with Gasteiger partial charge < -0.3 is 10.6 Å². The summed E-state index contributed by atoms with van der Waals surface area (Å²) in [5.41, 5.74) is 5.74. The standard InChI is InChI=1S/C13H17Cl2N3O3S/c14-10-2-1-3-11(15)13(10)22(20,21)17-6-4-12(19)18-7-5-9(16)8-18/h1-3,9,17H,4-8,16H2/t9-/m1/s1. The molecule has 122 valence electrons. The van der Waals surface area contributed by atoms with Crippen LogP contribution in [0.1, 0.15) is 12.8 Å². The highest BCUT2D eigenvalue weighted by atomic mass is 35.5. The Morgan fingerprint density at radius 3 is 2.55 bits per heavy atom. The fraction of sp³-hybridized carbons (Fsp3) is 0.462. The van der Waals surface area contributed by atoms with Gasteiger partial charge in [-0.1, -0.05) is 29.3 Å². The summed E-state index contributed by atoms with van der Waals surface area (Å²) in [7, 11) is -3.86. The van der Waals surface area contributed by atoms with E-state index in [2.05, 4.69) is 4.72 Å². The van der Waals surface area contributed by atoms with E-state index in [9.17, 15) is 13.2 Å². The summed E-state index contributed by atoms with van der Waals surface area (Å²) in [6.07, 6.45) is 0.834. The first kappa shape index (κ1) is 17.5. The molecular weight excluding hydrogens is 349 g/mol. The molecule has 0 aliphatic carbocycles. The fourth-order valence-electron chi connectivity index (χ4n) is 2.28. The Balaban J connectivity index is 1.95. The summed E-state index contributed by atoms with van der Waals surface area (Å²) >= 11 is 11.8. The molecule has 0 saturated carbocycles. The van der Waals surface area contributed by atoms with E-state index in [1.165, 1.54) is 12.1 Å². The highest BCUT2D eigenvalue weighted by molar-refractivity contribution is 7.89. The number of rotatable bonds is 5. The monoisotopic (exact) mass is 365 g/mol. The molecule has 0 radical (unpaired) electrons. The second-order valence-corrected chi connectivity index (χ2v) is 7.61. The largest absolute Gasteiger partial charge is 0.341 e. The number of nitrogens with one attached hydrogen (secondary N) is 1. The number of benzene rings is 1. The molecule has 1 saturated heterocycles. The molecule has 6 nitrogen and oxygen atoms in total. The third-order valence-corrected chi connectivity index (χ3v) is 5.81. The van der Waals surface area contributed by atoms with E-state index in [1.54, 1.807) is 11.0 Å². The maximum atomic E-state index is 12.2. The molecule has 1 atom stereocenters. The molecule has 0 aromatic heterocycles. The van der Waals surface area contributed by atoms with E-state index in [4.69, 9.17) is 28.9 Å². The summed E-state index contributed by atoms with van der Waals surface area (Å²) < 4.78 is 26.8. The van der Waals surface area contributed by atoms with Crippen molar-refractivity contribution in [3.05, 3.63) is 28.2 Å². The third kappa shape index (κ3) is 4.11. The van der Waals surface area contributed by atoms with Gasteiger partial charge in [0.1, 0.15) is 4.90 Å². The van der Waals surface area contributed by atoms with Crippen LogP contribution in [0.2, 0.25) is 10.0 Å². The second-order valence-electron chi connectivity index (χ2n) is 5.09. The molecule has 1 heterocycles. The van der Waals surface area contributed by atoms with Crippen molar-refractivity contribution in [1.82, 2.24) is 9.62 Å². The first-order valence-electron chi connectivity index (χ1n) is 6.78. The van der Waals surface area contributed by atoms with E-state index in [-0.39, 0.29) is 39.9 Å². The van der Waals surface area contributed by atoms with E-state index in [1.807, 2.05) is 0 Å². The van der Waals surface area contributed by atoms with Crippen molar-refractivity contribution < 1.29 is 13.2 Å². The minimum Gasteiger partial charge on any atom is -0.341 e. The number of nitrogens with two attached hydrogens (primary N) is 1. The number of carbonyl (C=O) groups excluding carboxylic acids is 1. The van der Waals surface area contributed by atoms with Crippen LogP contribution in [0.15, 0.2) is 23.1 Å². The maximum Gasteiger partial charge on any atom is 0.243 e. The van der Waals surface area contributed by atoms with Gasteiger partial charge in [0.15, 0.2) is 0 Å². The molecule has 1 fully saturated rings. The van der Waals surface area contributed by atoms with Gasteiger partial charge in [-0.15, -0.1) is 0 Å². The molecule has 3 N–H and O–H groups in total. The molecule has 0 spiro atoms. The number of likely N-dealkylation sites (tertiary alicyclic amines) is 1. The highest BCUT2D eigenvalue weighted by Crippen LogP contribution is 2.28. The predicted molar refractivity (Wildman–Crippen MR) is 85.4 cm³/mol. The smallest absolute Gasteiger partial charge is 0.243 e. The van der Waals surface area contributed by atoms with Crippen LogP contribution in [0.3, 0.4) is 0 Å². The lowest BCUT2D eigenvalue weighted by Gasteiger charge is -2.16. The Labute approximate surface area is 139 Å². The van der Waals surface area contributed by atoms with Crippen molar-refractivity contribution in [1.29, 1.82) is 0 Å². The lowest BCUT2D eigenvalue weighted by molar-refractivity contribution is -0.129. The van der Waals surface area contributed by atoms with Gasteiger partial charge in [0.25, 0.3) is 0 Å². The minimum absolute atomic E-state index is 0.00238. The van der Waals surface area contributed by atoms with Gasteiger partial charge >= 0.3 is 0 Å². The van der Waals surface area contributed by atoms with Crippen LogP contribution in [-0.2, 0) is 14.8 Å². The lowest BCUT2D eigenvalue weighted by atomic mass is 10.3. The Bertz CT molecular complexity index is 646. The number of hydrogen-bond acceptors (Lipinski definition) is 4. The Kier molecular flexibility index (Phi) is 5.68. The Morgan fingerprint density at radius 2 is 2.00 bits per heavy atom. The van der Waals surface area contributed by atoms with Crippen molar-refractivity contribution in [2.45, 2.75) is 23.8 Å². The Hall–Kier alpha value is -0.860. The van der Waals surface area contributed by atoms with Crippen LogP contribution in [0.4, 0.5) is 0 Å². The van der Waals surface area contributed by atoms with Crippen LogP contribution < -0.4 is 10.5 Å². The Morgan fingerprint density at radius 1 is 1.36 bits per heavy atom. The van der Waals surface area contributed by atoms with Crippen LogP contribution in [0.25, 0.3) is 0 Å². The van der Waals surface area contributed by atoms with E-state index in [0.29, 0.717) is 13.1 Å². The number of carbonyl (C=O) groups is 1. The summed E-state index contributed by atoms with van der Waals surface area (Å²) in [6.45, 7) is 1.11. The molecule has 1 aliphatic heterocycles. The number of nitrogens with zero attached hydrogens (tertiary/aromatic N) is 1. The van der Waals surface area contributed by atoms with Crippen molar-refractivity contribution in [2.75, 3.05) is 19.6 Å². The van der Waals surface area contributed by atoms with E-state index < -0.39 is 10.0 Å². The topological polar surface area (TPSA) is 92.5 Å². The van der Waals surface area contributed by atoms with Crippen molar-refractivity contribution in [3.8, 4) is 0 Å². The first-order chi connectivity index (χ1) is 10.3. The summed E-state index contributed by atoms with van der Waals surface area (Å²) in [5.74, 6) is -0.124. The van der Waals surface area contributed by atoms with Gasteiger partial charge in [0, 0.05) is 32.1 Å². The van der Waals surface area contributed by atoms with Crippen LogP contribution in [-0.4, -0.2) is 44.9 Å². The molecule has 1 aromatic rings. The van der Waals surface area contributed by atoms with Gasteiger partial charge in [-0.2, -0.15) is 0 Å². The molecule has 1 aromatic carbocycles. The number of amides is 1. The predicted octanol–water partition coefficient (Wildman–Crippen LogP) is 1.22. The van der Waals surface area contributed by atoms with Crippen molar-refractivity contribution in [2.24, 2.45) is 5.73 Å². The second kappa shape index (κ2) is 7.14. The quantitative estimate of drug-likeness (QED) is 0.820. The van der Waals surface area contributed by atoms with Gasteiger partial charge in [0.05, 0.1) is 10.0 Å². The van der Waals surface area contributed by atoms with Gasteiger partial charge in [-0.25, -0.2) is 13.1 Å². The molecule has 22 heavy (non-hydrogen) atoms. The van der Waals surface area contributed by atoms with Crippen LogP contribution in [0, 0.1) is 0 Å². The van der Waals surface area contributed by atoms with Crippen LogP contribution >= 0.6 is 23.2 Å². The summed E-state index contributed by atoms with van der Waals surface area (Å²) in [5, 5.41) is 0.0775. The normalized spacial score (nSPS) is 18.7. The van der Waals surface area contributed by atoms with Gasteiger partial charge in [-0.05, 0) is 18.6 Å². The van der Waals surface area contributed by atoms with Crippen molar-refractivity contribution in [3.63, 3.8) is 0 Å². The first-order valence-corrected chi connectivity index (χ1v) is 9.02. The highest BCUT2D eigenvalue weighted by Gasteiger charge is 2.25. The zero-order chi connectivity index (χ0) is 16.3. The molecule has 9 heteroatoms. The van der Waals surface area contributed by atoms with Gasteiger partial charge in [0.2, 0.25) is 15.9 Å². The summed E-state index contributed by atoms with van der Waals surface area (Å²) in [6, 6.07) is 4.45. The number of sulfonamides is 1. The zero-order valence-corrected chi connectivity index (χ0v) is 14.1. The average Bonchev–Trinajstić information content (AvgIpc) is 2.84. The van der Waals surface area contributed by atoms with Crippen molar-refractivity contribution >= 4 is 39.1 Å². The molecule has 0 unspecified atom stereocenters. The summed E-state index contributed by atoms with van der Waals surface area (Å²) in [4.78, 5) is 13.4. The molecular formula is C13H17Cl2N3O3S. The minimum atomic E-state index is -3.86. The van der Waals surface area contributed by atoms with E-state index >= 15 is 0 Å². The molecule has 0 bridgehead atoms. The average molecular weight is 366 g/mol. The maximum absolute atomic E-state index is 12.2. The number of halogens is 2. The third-order valence-electron chi connectivity index (χ3n) is 3.40. The molecule has 2 rings (SSSR count).